The monoisotopic (exact) mass is 443 g/mol. The standard InChI is InChI=1S/C16H14ClN3O6S2/c1-26-14-5-2-10(17)6-13(14)20-16(21)8-27(22,23)11-3-4-12-15(7-11)28(24,25)19-9-18-12/h2-7,9H,8H2,1H3,(H,18,19)(H,20,21). The first-order valence-electron chi connectivity index (χ1n) is 7.68. The van der Waals surface area contributed by atoms with Gasteiger partial charge < -0.3 is 15.4 Å². The Balaban J connectivity index is 1.85. The van der Waals surface area contributed by atoms with Gasteiger partial charge >= 0.3 is 0 Å². The van der Waals surface area contributed by atoms with Crippen LogP contribution in [0.3, 0.4) is 0 Å². The first-order valence-corrected chi connectivity index (χ1v) is 11.1. The van der Waals surface area contributed by atoms with E-state index in [1.165, 1.54) is 31.4 Å². The van der Waals surface area contributed by atoms with E-state index >= 15 is 0 Å². The zero-order chi connectivity index (χ0) is 20.5. The molecule has 2 aromatic rings. The van der Waals surface area contributed by atoms with Crippen LogP contribution in [0.25, 0.3) is 0 Å². The summed E-state index contributed by atoms with van der Waals surface area (Å²) in [5.74, 6) is -1.44. The summed E-state index contributed by atoms with van der Waals surface area (Å²) in [5.41, 5.74) is 0.406. The molecule has 28 heavy (non-hydrogen) atoms. The molecule has 1 aliphatic rings. The second kappa shape index (κ2) is 7.41. The molecule has 0 fully saturated rings. The number of carbonyl (C=O) groups is 1. The molecule has 0 aromatic heterocycles. The van der Waals surface area contributed by atoms with Crippen molar-refractivity contribution in [3.8, 4) is 5.75 Å². The highest BCUT2D eigenvalue weighted by Gasteiger charge is 2.26. The molecule has 0 bridgehead atoms. The lowest BCUT2D eigenvalue weighted by Gasteiger charge is -2.14. The number of benzene rings is 2. The van der Waals surface area contributed by atoms with Crippen LogP contribution in [0.2, 0.25) is 5.02 Å². The fraction of sp³-hybridized carbons (Fsp3) is 0.125. The van der Waals surface area contributed by atoms with Gasteiger partial charge in [0.05, 0.1) is 23.4 Å². The van der Waals surface area contributed by atoms with Crippen LogP contribution in [-0.2, 0) is 24.7 Å². The minimum atomic E-state index is -4.12. The number of sulfone groups is 1. The van der Waals surface area contributed by atoms with E-state index in [0.29, 0.717) is 10.8 Å². The average Bonchev–Trinajstić information content (AvgIpc) is 2.61. The molecule has 2 N–H and O–H groups in total. The van der Waals surface area contributed by atoms with Gasteiger partial charge in [-0.2, -0.15) is 8.42 Å². The Morgan fingerprint density at radius 3 is 2.71 bits per heavy atom. The van der Waals surface area contributed by atoms with E-state index in [-0.39, 0.29) is 21.2 Å². The van der Waals surface area contributed by atoms with Gasteiger partial charge in [0, 0.05) is 5.02 Å². The molecule has 0 spiro atoms. The maximum absolute atomic E-state index is 12.6. The predicted octanol–water partition coefficient (Wildman–Crippen LogP) is 1.90. The molecular weight excluding hydrogens is 430 g/mol. The summed E-state index contributed by atoms with van der Waals surface area (Å²) in [6.45, 7) is 0. The number of anilines is 2. The van der Waals surface area contributed by atoms with Crippen molar-refractivity contribution in [1.82, 2.24) is 0 Å². The third kappa shape index (κ3) is 4.11. The molecule has 0 atom stereocenters. The zero-order valence-corrected chi connectivity index (χ0v) is 16.7. The number of carbonyl (C=O) groups excluding carboxylic acids is 1. The summed E-state index contributed by atoms with van der Waals surface area (Å²) < 4.78 is 57.5. The predicted molar refractivity (Wildman–Crippen MR) is 104 cm³/mol. The van der Waals surface area contributed by atoms with Crippen molar-refractivity contribution in [1.29, 1.82) is 0 Å². The summed E-state index contributed by atoms with van der Waals surface area (Å²) in [6.07, 6.45) is 0.998. The summed E-state index contributed by atoms with van der Waals surface area (Å²) in [6, 6.07) is 7.97. The molecule has 9 nitrogen and oxygen atoms in total. The van der Waals surface area contributed by atoms with Crippen molar-refractivity contribution in [3.05, 3.63) is 41.4 Å². The van der Waals surface area contributed by atoms with Gasteiger partial charge in [-0.15, -0.1) is 4.40 Å². The zero-order valence-electron chi connectivity index (χ0n) is 14.3. The first kappa shape index (κ1) is 20.1. The van der Waals surface area contributed by atoms with Gasteiger partial charge in [-0.25, -0.2) is 8.42 Å². The molecule has 0 saturated carbocycles. The number of hydrogen-bond donors (Lipinski definition) is 2. The number of amides is 1. The first-order chi connectivity index (χ1) is 13.1. The van der Waals surface area contributed by atoms with Crippen LogP contribution in [0.5, 0.6) is 5.75 Å². The molecule has 0 aliphatic carbocycles. The second-order valence-electron chi connectivity index (χ2n) is 5.66. The Bertz CT molecular complexity index is 1190. The number of nitrogens with zero attached hydrogens (tertiary/aromatic N) is 1. The Labute approximate surface area is 166 Å². The van der Waals surface area contributed by atoms with Crippen molar-refractivity contribution in [2.75, 3.05) is 23.5 Å². The average molecular weight is 444 g/mol. The van der Waals surface area contributed by atoms with Crippen molar-refractivity contribution in [3.63, 3.8) is 0 Å². The topological polar surface area (TPSA) is 131 Å². The SMILES string of the molecule is COc1ccc(Cl)cc1NC(=O)CS(=O)(=O)c1ccc2c(c1)S(=O)(=O)N=CN2. The van der Waals surface area contributed by atoms with Gasteiger partial charge in [0.2, 0.25) is 5.91 Å². The minimum Gasteiger partial charge on any atom is -0.495 e. The van der Waals surface area contributed by atoms with Gasteiger partial charge in [0.1, 0.15) is 22.7 Å². The van der Waals surface area contributed by atoms with Crippen LogP contribution in [0.1, 0.15) is 0 Å². The molecule has 0 unspecified atom stereocenters. The Hall–Kier alpha value is -2.63. The molecule has 0 radical (unpaired) electrons. The molecule has 2 aromatic carbocycles. The van der Waals surface area contributed by atoms with E-state index in [4.69, 9.17) is 16.3 Å². The third-order valence-electron chi connectivity index (χ3n) is 3.76. The fourth-order valence-corrected chi connectivity index (χ4v) is 4.86. The number of sulfonamides is 1. The van der Waals surface area contributed by atoms with E-state index < -0.39 is 31.5 Å². The highest BCUT2D eigenvalue weighted by Crippen LogP contribution is 2.30. The van der Waals surface area contributed by atoms with Crippen LogP contribution in [0.4, 0.5) is 11.4 Å². The summed E-state index contributed by atoms with van der Waals surface area (Å²) in [4.78, 5) is 11.7. The van der Waals surface area contributed by atoms with Crippen LogP contribution in [-0.4, -0.2) is 41.9 Å². The van der Waals surface area contributed by atoms with E-state index in [2.05, 4.69) is 15.0 Å². The molecule has 0 saturated heterocycles. The summed E-state index contributed by atoms with van der Waals surface area (Å²) in [7, 11) is -6.74. The van der Waals surface area contributed by atoms with E-state index in [0.717, 1.165) is 12.4 Å². The largest absolute Gasteiger partial charge is 0.495 e. The van der Waals surface area contributed by atoms with Gasteiger partial charge in [-0.3, -0.25) is 4.79 Å². The lowest BCUT2D eigenvalue weighted by molar-refractivity contribution is -0.113. The Kier molecular flexibility index (Phi) is 5.33. The van der Waals surface area contributed by atoms with Gasteiger partial charge in [-0.1, -0.05) is 11.6 Å². The van der Waals surface area contributed by atoms with Gasteiger partial charge in [0.25, 0.3) is 10.0 Å². The minimum absolute atomic E-state index is 0.196. The Morgan fingerprint density at radius 1 is 1.25 bits per heavy atom. The normalized spacial score (nSPS) is 14.6. The van der Waals surface area contributed by atoms with Crippen molar-refractivity contribution >= 4 is 55.1 Å². The molecule has 1 aliphatic heterocycles. The number of ether oxygens (including phenoxy) is 1. The van der Waals surface area contributed by atoms with Crippen LogP contribution in [0, 0.1) is 0 Å². The number of nitrogens with one attached hydrogen (secondary N) is 2. The quantitative estimate of drug-likeness (QED) is 0.721. The molecular formula is C16H14ClN3O6S2. The van der Waals surface area contributed by atoms with E-state index in [1.54, 1.807) is 6.07 Å². The van der Waals surface area contributed by atoms with Crippen LogP contribution < -0.4 is 15.4 Å². The lowest BCUT2D eigenvalue weighted by Crippen LogP contribution is -2.23. The van der Waals surface area contributed by atoms with Gasteiger partial charge in [0.15, 0.2) is 9.84 Å². The number of fused-ring (bicyclic) bond motifs is 1. The Morgan fingerprint density at radius 2 is 2.00 bits per heavy atom. The highest BCUT2D eigenvalue weighted by molar-refractivity contribution is 7.92. The summed E-state index contributed by atoms with van der Waals surface area (Å²) >= 11 is 5.88. The molecule has 3 rings (SSSR count). The molecule has 12 heteroatoms. The third-order valence-corrected chi connectivity index (χ3v) is 6.88. The molecule has 1 amide bonds. The van der Waals surface area contributed by atoms with Crippen molar-refractivity contribution in [2.24, 2.45) is 4.40 Å². The highest BCUT2D eigenvalue weighted by atomic mass is 35.5. The number of halogens is 1. The van der Waals surface area contributed by atoms with Crippen LogP contribution in [0.15, 0.2) is 50.6 Å². The lowest BCUT2D eigenvalue weighted by atomic mass is 10.3. The fourth-order valence-electron chi connectivity index (χ4n) is 2.47. The van der Waals surface area contributed by atoms with E-state index in [1.807, 2.05) is 0 Å². The number of hydrogen-bond acceptors (Lipinski definition) is 7. The number of methoxy groups -OCH3 is 1. The van der Waals surface area contributed by atoms with E-state index in [9.17, 15) is 21.6 Å². The number of rotatable bonds is 5. The smallest absolute Gasteiger partial charge is 0.285 e. The van der Waals surface area contributed by atoms with Gasteiger partial charge in [-0.05, 0) is 36.4 Å². The maximum atomic E-state index is 12.6. The second-order valence-corrected chi connectivity index (χ2v) is 9.69. The summed E-state index contributed by atoms with van der Waals surface area (Å²) in [5, 5.41) is 5.37. The molecule has 1 heterocycles. The molecule has 148 valence electrons. The maximum Gasteiger partial charge on any atom is 0.285 e. The van der Waals surface area contributed by atoms with Crippen molar-refractivity contribution < 1.29 is 26.4 Å². The van der Waals surface area contributed by atoms with Crippen molar-refractivity contribution in [2.45, 2.75) is 9.79 Å². The van der Waals surface area contributed by atoms with Crippen LogP contribution >= 0.6 is 11.6 Å².